The van der Waals surface area contributed by atoms with Crippen molar-refractivity contribution >= 4 is 17.4 Å². The van der Waals surface area contributed by atoms with E-state index < -0.39 is 5.97 Å². The predicted octanol–water partition coefficient (Wildman–Crippen LogP) is 2.29. The molecular weight excluding hydrogens is 242 g/mol. The van der Waals surface area contributed by atoms with Crippen molar-refractivity contribution in [2.24, 2.45) is 0 Å². The lowest BCUT2D eigenvalue weighted by Crippen LogP contribution is -2.12. The number of methoxy groups -OCH3 is 1. The highest BCUT2D eigenvalue weighted by Gasteiger charge is 2.19. The van der Waals surface area contributed by atoms with Crippen LogP contribution in [0.25, 0.3) is 0 Å². The Morgan fingerprint density at radius 3 is 2.00 bits per heavy atom. The van der Waals surface area contributed by atoms with Crippen LogP contribution >= 0.6 is 0 Å². The molecule has 4 nitrogen and oxygen atoms in total. The Labute approximate surface area is 110 Å². The summed E-state index contributed by atoms with van der Waals surface area (Å²) in [4.78, 5) is 24.1. The minimum Gasteiger partial charge on any atom is -0.465 e. The number of esters is 1. The Hall–Kier alpha value is -2.62. The molecule has 0 radical (unpaired) electrons. The van der Waals surface area contributed by atoms with Gasteiger partial charge in [0.05, 0.1) is 12.7 Å². The van der Waals surface area contributed by atoms with Gasteiger partial charge in [0, 0.05) is 16.8 Å². The summed E-state index contributed by atoms with van der Waals surface area (Å²) in [5, 5.41) is 0. The van der Waals surface area contributed by atoms with E-state index in [4.69, 9.17) is 5.73 Å². The first-order valence-corrected chi connectivity index (χ1v) is 5.71. The van der Waals surface area contributed by atoms with Crippen molar-refractivity contribution in [3.05, 3.63) is 65.2 Å². The fraction of sp³-hybridized carbons (Fsp3) is 0.0667. The molecule has 0 amide bonds. The van der Waals surface area contributed by atoms with E-state index >= 15 is 0 Å². The van der Waals surface area contributed by atoms with E-state index in [1.165, 1.54) is 7.11 Å². The molecule has 0 spiro atoms. The summed E-state index contributed by atoms with van der Waals surface area (Å²) in [5.41, 5.74) is 7.06. The first-order chi connectivity index (χ1) is 9.15. The molecule has 96 valence electrons. The molecule has 2 aromatic rings. The minimum absolute atomic E-state index is 0.234. The number of rotatable bonds is 3. The molecule has 2 N–H and O–H groups in total. The Kier molecular flexibility index (Phi) is 3.61. The number of hydrogen-bond acceptors (Lipinski definition) is 4. The van der Waals surface area contributed by atoms with E-state index in [2.05, 4.69) is 4.74 Å². The van der Waals surface area contributed by atoms with Gasteiger partial charge in [-0.05, 0) is 18.2 Å². The highest BCUT2D eigenvalue weighted by molar-refractivity contribution is 6.16. The van der Waals surface area contributed by atoms with Gasteiger partial charge in [-0.15, -0.1) is 0 Å². The number of benzene rings is 2. The quantitative estimate of drug-likeness (QED) is 0.519. The second-order valence-corrected chi connectivity index (χ2v) is 3.95. The predicted molar refractivity (Wildman–Crippen MR) is 72.1 cm³/mol. The normalized spacial score (nSPS) is 9.95. The molecule has 0 heterocycles. The van der Waals surface area contributed by atoms with Crippen LogP contribution in [0.2, 0.25) is 0 Å². The molecule has 2 aromatic carbocycles. The van der Waals surface area contributed by atoms with E-state index in [1.807, 2.05) is 0 Å². The number of ketones is 1. The standard InChI is InChI=1S/C15H13NO3/c1-19-15(18)11-7-3-2-6-10(11)14(17)12-8-4-5-9-13(12)16/h2-9H,16H2,1H3. The molecule has 0 saturated carbocycles. The SMILES string of the molecule is COC(=O)c1ccccc1C(=O)c1ccccc1N. The van der Waals surface area contributed by atoms with Gasteiger partial charge < -0.3 is 10.5 Å². The van der Waals surface area contributed by atoms with Gasteiger partial charge in [0.15, 0.2) is 5.78 Å². The smallest absolute Gasteiger partial charge is 0.338 e. The summed E-state index contributed by atoms with van der Waals surface area (Å²) in [7, 11) is 1.28. The number of carbonyl (C=O) groups excluding carboxylic acids is 2. The molecule has 0 aromatic heterocycles. The molecule has 0 bridgehead atoms. The third-order valence-corrected chi connectivity index (χ3v) is 2.78. The molecule has 0 atom stereocenters. The van der Waals surface area contributed by atoms with Crippen LogP contribution in [-0.4, -0.2) is 18.9 Å². The Morgan fingerprint density at radius 2 is 1.42 bits per heavy atom. The van der Waals surface area contributed by atoms with Crippen molar-refractivity contribution < 1.29 is 14.3 Å². The molecule has 0 aliphatic rings. The van der Waals surface area contributed by atoms with Gasteiger partial charge in [-0.3, -0.25) is 4.79 Å². The summed E-state index contributed by atoms with van der Waals surface area (Å²) < 4.78 is 4.67. The van der Waals surface area contributed by atoms with Crippen LogP contribution < -0.4 is 5.73 Å². The van der Waals surface area contributed by atoms with Crippen LogP contribution in [0.3, 0.4) is 0 Å². The van der Waals surface area contributed by atoms with Gasteiger partial charge in [-0.2, -0.15) is 0 Å². The largest absolute Gasteiger partial charge is 0.465 e. The summed E-state index contributed by atoms with van der Waals surface area (Å²) >= 11 is 0. The second-order valence-electron chi connectivity index (χ2n) is 3.95. The average molecular weight is 255 g/mol. The number of hydrogen-bond donors (Lipinski definition) is 1. The van der Waals surface area contributed by atoms with Gasteiger partial charge in [0.1, 0.15) is 0 Å². The van der Waals surface area contributed by atoms with Crippen LogP contribution in [0, 0.1) is 0 Å². The van der Waals surface area contributed by atoms with Gasteiger partial charge in [-0.25, -0.2) is 4.79 Å². The molecule has 19 heavy (non-hydrogen) atoms. The monoisotopic (exact) mass is 255 g/mol. The first-order valence-electron chi connectivity index (χ1n) is 5.71. The molecule has 0 saturated heterocycles. The molecule has 0 fully saturated rings. The summed E-state index contributed by atoms with van der Waals surface area (Å²) in [6.07, 6.45) is 0. The maximum atomic E-state index is 12.4. The lowest BCUT2D eigenvalue weighted by molar-refractivity contribution is 0.0597. The van der Waals surface area contributed by atoms with E-state index in [0.29, 0.717) is 11.3 Å². The third kappa shape index (κ3) is 2.47. The fourth-order valence-corrected chi connectivity index (χ4v) is 1.82. The maximum absolute atomic E-state index is 12.4. The van der Waals surface area contributed by atoms with Gasteiger partial charge in [0.25, 0.3) is 0 Å². The van der Waals surface area contributed by atoms with Crippen LogP contribution in [0.1, 0.15) is 26.3 Å². The van der Waals surface area contributed by atoms with Crippen molar-refractivity contribution in [1.29, 1.82) is 0 Å². The Bertz CT molecular complexity index is 635. The summed E-state index contributed by atoms with van der Waals surface area (Å²) in [6.45, 7) is 0. The Balaban J connectivity index is 2.51. The fourth-order valence-electron chi connectivity index (χ4n) is 1.82. The van der Waals surface area contributed by atoms with Crippen molar-refractivity contribution in [3.8, 4) is 0 Å². The van der Waals surface area contributed by atoms with Crippen molar-refractivity contribution in [3.63, 3.8) is 0 Å². The van der Waals surface area contributed by atoms with E-state index in [-0.39, 0.29) is 16.9 Å². The zero-order valence-electron chi connectivity index (χ0n) is 10.4. The lowest BCUT2D eigenvalue weighted by atomic mass is 9.97. The number of ether oxygens (including phenoxy) is 1. The lowest BCUT2D eigenvalue weighted by Gasteiger charge is -2.08. The number of nitrogen functional groups attached to an aromatic ring is 1. The van der Waals surface area contributed by atoms with E-state index in [1.54, 1.807) is 48.5 Å². The molecule has 0 aliphatic carbocycles. The van der Waals surface area contributed by atoms with Gasteiger partial charge in [0.2, 0.25) is 0 Å². The number of carbonyl (C=O) groups is 2. The first kappa shape index (κ1) is 12.8. The van der Waals surface area contributed by atoms with Gasteiger partial charge in [-0.1, -0.05) is 30.3 Å². The third-order valence-electron chi connectivity index (χ3n) is 2.78. The van der Waals surface area contributed by atoms with Crippen LogP contribution in [0.15, 0.2) is 48.5 Å². The van der Waals surface area contributed by atoms with Gasteiger partial charge >= 0.3 is 5.97 Å². The molecule has 0 aliphatic heterocycles. The topological polar surface area (TPSA) is 69.4 Å². The van der Waals surface area contributed by atoms with Crippen molar-refractivity contribution in [1.82, 2.24) is 0 Å². The van der Waals surface area contributed by atoms with Crippen LogP contribution in [0.4, 0.5) is 5.69 Å². The number of para-hydroxylation sites is 1. The number of anilines is 1. The molecule has 4 heteroatoms. The number of nitrogens with two attached hydrogens (primary N) is 1. The molecule has 0 unspecified atom stereocenters. The average Bonchev–Trinajstić information content (AvgIpc) is 2.46. The zero-order valence-corrected chi connectivity index (χ0v) is 10.4. The van der Waals surface area contributed by atoms with Crippen molar-refractivity contribution in [2.45, 2.75) is 0 Å². The highest BCUT2D eigenvalue weighted by Crippen LogP contribution is 2.19. The van der Waals surface area contributed by atoms with E-state index in [9.17, 15) is 9.59 Å². The Morgan fingerprint density at radius 1 is 0.895 bits per heavy atom. The summed E-state index contributed by atoms with van der Waals surface area (Å²) in [6, 6.07) is 13.3. The second kappa shape index (κ2) is 5.35. The molecular formula is C15H13NO3. The maximum Gasteiger partial charge on any atom is 0.338 e. The van der Waals surface area contributed by atoms with E-state index in [0.717, 1.165) is 0 Å². The van der Waals surface area contributed by atoms with Crippen LogP contribution in [-0.2, 0) is 4.74 Å². The zero-order chi connectivity index (χ0) is 13.8. The highest BCUT2D eigenvalue weighted by atomic mass is 16.5. The summed E-state index contributed by atoms with van der Waals surface area (Å²) in [5.74, 6) is -0.836. The van der Waals surface area contributed by atoms with Crippen LogP contribution in [0.5, 0.6) is 0 Å². The van der Waals surface area contributed by atoms with Crippen molar-refractivity contribution in [2.75, 3.05) is 12.8 Å². The molecule has 2 rings (SSSR count). The minimum atomic E-state index is -0.543.